The number of alkyl halides is 3. The van der Waals surface area contributed by atoms with E-state index in [0.29, 0.717) is 24.0 Å². The maximum absolute atomic E-state index is 13.4. The number of benzene rings is 2. The van der Waals surface area contributed by atoms with Crippen LogP contribution in [-0.2, 0) is 20.4 Å². The molecule has 0 unspecified atom stereocenters. The second kappa shape index (κ2) is 9.36. The van der Waals surface area contributed by atoms with Crippen LogP contribution in [0.4, 0.5) is 17.6 Å². The van der Waals surface area contributed by atoms with Crippen LogP contribution in [-0.4, -0.2) is 25.2 Å². The van der Waals surface area contributed by atoms with Crippen LogP contribution in [0.1, 0.15) is 55.1 Å². The lowest BCUT2D eigenvalue weighted by Gasteiger charge is -2.43. The molecule has 8 heteroatoms. The van der Waals surface area contributed by atoms with Crippen molar-refractivity contribution >= 4 is 5.91 Å². The summed E-state index contributed by atoms with van der Waals surface area (Å²) in [4.78, 5) is 12.4. The van der Waals surface area contributed by atoms with E-state index < -0.39 is 35.3 Å². The van der Waals surface area contributed by atoms with E-state index in [1.807, 2.05) is 6.92 Å². The molecule has 0 bridgehead atoms. The summed E-state index contributed by atoms with van der Waals surface area (Å²) in [5, 5.41) is 2.99. The lowest BCUT2D eigenvalue weighted by molar-refractivity contribution is -0.137. The van der Waals surface area contributed by atoms with Gasteiger partial charge in [-0.1, -0.05) is 24.3 Å². The predicted octanol–water partition coefficient (Wildman–Crippen LogP) is 5.35. The fraction of sp³-hybridized carbons (Fsp3) is 0.435. The Balaban J connectivity index is 1.91. The largest absolute Gasteiger partial charge is 0.416 e. The van der Waals surface area contributed by atoms with Crippen molar-refractivity contribution in [3.8, 4) is 0 Å². The van der Waals surface area contributed by atoms with Crippen molar-refractivity contribution in [2.24, 2.45) is 0 Å². The fourth-order valence-electron chi connectivity index (χ4n) is 3.88. The zero-order chi connectivity index (χ0) is 22.6. The molecule has 3 rings (SSSR count). The van der Waals surface area contributed by atoms with Crippen molar-refractivity contribution in [1.82, 2.24) is 5.32 Å². The van der Waals surface area contributed by atoms with Gasteiger partial charge in [-0.2, -0.15) is 13.2 Å². The molecule has 0 spiro atoms. The summed E-state index contributed by atoms with van der Waals surface area (Å²) < 4.78 is 64.1. The zero-order valence-corrected chi connectivity index (χ0v) is 17.3. The van der Waals surface area contributed by atoms with Gasteiger partial charge in [0.05, 0.1) is 24.4 Å². The molecule has 0 saturated carbocycles. The Hall–Kier alpha value is -2.45. The first-order valence-electron chi connectivity index (χ1n) is 9.98. The van der Waals surface area contributed by atoms with Crippen LogP contribution in [0.2, 0.25) is 0 Å². The number of halogens is 4. The molecule has 4 nitrogen and oxygen atoms in total. The number of carbonyl (C=O) groups is 1. The normalized spacial score (nSPS) is 24.1. The Bertz CT molecular complexity index is 900. The molecule has 0 aromatic heterocycles. The summed E-state index contributed by atoms with van der Waals surface area (Å²) in [6.45, 7) is 2.11. The molecule has 31 heavy (non-hydrogen) atoms. The number of carbonyl (C=O) groups excluding carboxylic acids is 1. The van der Waals surface area contributed by atoms with Crippen molar-refractivity contribution in [2.75, 3.05) is 13.7 Å². The van der Waals surface area contributed by atoms with Crippen molar-refractivity contribution in [3.05, 3.63) is 71.0 Å². The molecule has 1 fully saturated rings. The molecule has 1 heterocycles. The first-order chi connectivity index (χ1) is 14.6. The van der Waals surface area contributed by atoms with E-state index in [1.54, 1.807) is 18.2 Å². The lowest BCUT2D eigenvalue weighted by Crippen LogP contribution is -2.51. The van der Waals surface area contributed by atoms with Gasteiger partial charge in [0.2, 0.25) is 5.91 Å². The quantitative estimate of drug-likeness (QED) is 0.618. The van der Waals surface area contributed by atoms with E-state index in [-0.39, 0.29) is 18.9 Å². The molecule has 0 aliphatic carbocycles. The van der Waals surface area contributed by atoms with E-state index in [1.165, 1.54) is 25.3 Å². The van der Waals surface area contributed by atoms with Crippen LogP contribution in [0.15, 0.2) is 48.5 Å². The van der Waals surface area contributed by atoms with Gasteiger partial charge in [0.15, 0.2) is 0 Å². The summed E-state index contributed by atoms with van der Waals surface area (Å²) in [6.07, 6.45) is -4.82. The second-order valence-electron chi connectivity index (χ2n) is 8.05. The maximum Gasteiger partial charge on any atom is 0.416 e. The van der Waals surface area contributed by atoms with Gasteiger partial charge in [-0.15, -0.1) is 0 Å². The minimum atomic E-state index is -4.47. The molecular weight excluding hydrogens is 414 g/mol. The number of rotatable bonds is 6. The molecule has 0 radical (unpaired) electrons. The van der Waals surface area contributed by atoms with Crippen molar-refractivity contribution in [1.29, 1.82) is 0 Å². The molecular formula is C23H25F4NO3. The average molecular weight is 439 g/mol. The Kier molecular flexibility index (Phi) is 7.01. The van der Waals surface area contributed by atoms with Gasteiger partial charge < -0.3 is 14.8 Å². The van der Waals surface area contributed by atoms with Crippen LogP contribution in [0, 0.1) is 5.82 Å². The fourth-order valence-corrected chi connectivity index (χ4v) is 3.88. The van der Waals surface area contributed by atoms with Crippen molar-refractivity contribution in [2.45, 2.75) is 50.1 Å². The van der Waals surface area contributed by atoms with E-state index in [2.05, 4.69) is 5.32 Å². The molecule has 3 atom stereocenters. The number of ether oxygens (including phenoxy) is 2. The Labute approximate surface area is 178 Å². The minimum absolute atomic E-state index is 0.169. The molecule has 168 valence electrons. The highest BCUT2D eigenvalue weighted by Crippen LogP contribution is 2.44. The van der Waals surface area contributed by atoms with E-state index in [9.17, 15) is 22.4 Å². The topological polar surface area (TPSA) is 47.6 Å². The van der Waals surface area contributed by atoms with Crippen LogP contribution < -0.4 is 5.32 Å². The summed E-state index contributed by atoms with van der Waals surface area (Å²) >= 11 is 0. The molecule has 1 aliphatic heterocycles. The monoisotopic (exact) mass is 439 g/mol. The van der Waals surface area contributed by atoms with E-state index >= 15 is 0 Å². The van der Waals surface area contributed by atoms with Crippen LogP contribution >= 0.6 is 0 Å². The maximum atomic E-state index is 13.4. The Morgan fingerprint density at radius 2 is 1.77 bits per heavy atom. The highest BCUT2D eigenvalue weighted by molar-refractivity contribution is 5.76. The van der Waals surface area contributed by atoms with Gasteiger partial charge in [-0.25, -0.2) is 4.39 Å². The zero-order valence-electron chi connectivity index (χ0n) is 17.3. The number of hydrogen-bond acceptors (Lipinski definition) is 3. The van der Waals surface area contributed by atoms with Gasteiger partial charge in [-0.05, 0) is 42.3 Å². The van der Waals surface area contributed by atoms with Crippen molar-refractivity contribution < 1.29 is 31.8 Å². The summed E-state index contributed by atoms with van der Waals surface area (Å²) in [5.74, 6) is -0.614. The Morgan fingerprint density at radius 1 is 1.13 bits per heavy atom. The van der Waals surface area contributed by atoms with Gasteiger partial charge in [0.1, 0.15) is 5.82 Å². The molecule has 1 N–H and O–H groups in total. The number of hydrogen-bond donors (Lipinski definition) is 1. The summed E-state index contributed by atoms with van der Waals surface area (Å²) in [5.41, 5.74) is -0.432. The van der Waals surface area contributed by atoms with Gasteiger partial charge in [0, 0.05) is 31.9 Å². The van der Waals surface area contributed by atoms with E-state index in [4.69, 9.17) is 9.47 Å². The van der Waals surface area contributed by atoms with E-state index in [0.717, 1.165) is 12.1 Å². The minimum Gasteiger partial charge on any atom is -0.384 e. The number of amides is 1. The van der Waals surface area contributed by atoms with Gasteiger partial charge in [-0.3, -0.25) is 4.79 Å². The highest BCUT2D eigenvalue weighted by Gasteiger charge is 2.41. The van der Waals surface area contributed by atoms with Crippen LogP contribution in [0.3, 0.4) is 0 Å². The third kappa shape index (κ3) is 6.04. The molecule has 1 amide bonds. The number of methoxy groups -OCH3 is 1. The molecule has 1 saturated heterocycles. The average Bonchev–Trinajstić information content (AvgIpc) is 2.71. The first-order valence-corrected chi connectivity index (χ1v) is 9.98. The lowest BCUT2D eigenvalue weighted by atomic mass is 9.81. The third-order valence-electron chi connectivity index (χ3n) is 5.40. The SMILES string of the molecule is COCCC(=O)N[C@@]1(C)C[C@@H](c2ccc(F)cc2)O[C@@H](c2cccc(C(F)(F)F)c2)C1. The molecule has 1 aliphatic rings. The van der Waals surface area contributed by atoms with Crippen molar-refractivity contribution in [3.63, 3.8) is 0 Å². The first kappa shape index (κ1) is 23.2. The van der Waals surface area contributed by atoms with Crippen LogP contribution in [0.5, 0.6) is 0 Å². The predicted molar refractivity (Wildman–Crippen MR) is 107 cm³/mol. The molecule has 2 aromatic carbocycles. The molecule has 2 aromatic rings. The summed E-state index contributed by atoms with van der Waals surface area (Å²) in [7, 11) is 1.50. The number of nitrogens with one attached hydrogen (secondary N) is 1. The van der Waals surface area contributed by atoms with Crippen LogP contribution in [0.25, 0.3) is 0 Å². The highest BCUT2D eigenvalue weighted by atomic mass is 19.4. The summed E-state index contributed by atoms with van der Waals surface area (Å²) in [6, 6.07) is 10.8. The Morgan fingerprint density at radius 3 is 2.39 bits per heavy atom. The van der Waals surface area contributed by atoms with Gasteiger partial charge in [0.25, 0.3) is 0 Å². The smallest absolute Gasteiger partial charge is 0.384 e. The second-order valence-corrected chi connectivity index (χ2v) is 8.05. The third-order valence-corrected chi connectivity index (χ3v) is 5.40. The standard InChI is InChI=1S/C23H25F4NO3/c1-22(28-21(29)10-11-30-2)13-19(15-6-8-18(24)9-7-15)31-20(14-22)16-4-3-5-17(12-16)23(25,26)27/h3-9,12,19-20H,10-11,13-14H2,1-2H3,(H,28,29)/t19-,20+,22-/m0/s1. The van der Waals surface area contributed by atoms with Gasteiger partial charge >= 0.3 is 6.18 Å².